The lowest BCUT2D eigenvalue weighted by Gasteiger charge is -2.06. The highest BCUT2D eigenvalue weighted by Gasteiger charge is 2.09. The van der Waals surface area contributed by atoms with Gasteiger partial charge in [-0.1, -0.05) is 16.8 Å². The first kappa shape index (κ1) is 13.4. The second-order valence-corrected chi connectivity index (χ2v) is 4.32. The summed E-state index contributed by atoms with van der Waals surface area (Å²) in [6.45, 7) is 2.34. The molecular weight excluding hydrogens is 270 g/mol. The number of nitrogens with zero attached hydrogens (tertiary/aromatic N) is 2. The number of rotatable bonds is 5. The molecule has 6 nitrogen and oxygen atoms in total. The van der Waals surface area contributed by atoms with Gasteiger partial charge in [0.2, 0.25) is 5.89 Å². The van der Waals surface area contributed by atoms with E-state index in [2.05, 4.69) is 15.5 Å². The van der Waals surface area contributed by atoms with E-state index in [1.54, 1.807) is 19.1 Å². The lowest BCUT2D eigenvalue weighted by molar-refractivity contribution is 0.0697. The molecule has 1 aromatic heterocycles. The molecule has 0 aliphatic heterocycles. The third-order valence-corrected chi connectivity index (χ3v) is 2.75. The fraction of sp³-hybridized carbons (Fsp3) is 0.250. The van der Waals surface area contributed by atoms with Crippen molar-refractivity contribution >= 4 is 23.3 Å². The molecule has 1 aromatic carbocycles. The molecule has 2 rings (SSSR count). The van der Waals surface area contributed by atoms with Crippen molar-refractivity contribution in [1.29, 1.82) is 0 Å². The molecule has 0 saturated heterocycles. The minimum atomic E-state index is -1.04. The van der Waals surface area contributed by atoms with Crippen molar-refractivity contribution in [2.75, 3.05) is 11.9 Å². The van der Waals surface area contributed by atoms with Gasteiger partial charge in [-0.3, -0.25) is 0 Å². The Labute approximate surface area is 114 Å². The van der Waals surface area contributed by atoms with Gasteiger partial charge in [0.05, 0.1) is 10.6 Å². The SMILES string of the molecule is Cc1noc(CCNc2ccc(C(=O)O)c(Cl)c2)n1. The minimum absolute atomic E-state index is 0.0831. The molecule has 0 spiro atoms. The molecule has 0 unspecified atom stereocenters. The number of aromatic nitrogens is 2. The Hall–Kier alpha value is -2.08. The summed E-state index contributed by atoms with van der Waals surface area (Å²) in [6, 6.07) is 4.70. The largest absolute Gasteiger partial charge is 0.478 e. The third-order valence-electron chi connectivity index (χ3n) is 2.44. The minimum Gasteiger partial charge on any atom is -0.478 e. The third kappa shape index (κ3) is 3.45. The quantitative estimate of drug-likeness (QED) is 0.875. The van der Waals surface area contributed by atoms with Gasteiger partial charge in [0.15, 0.2) is 5.82 Å². The number of halogens is 1. The zero-order chi connectivity index (χ0) is 13.8. The molecule has 1 heterocycles. The molecule has 100 valence electrons. The fourth-order valence-electron chi connectivity index (χ4n) is 1.55. The number of anilines is 1. The van der Waals surface area contributed by atoms with E-state index < -0.39 is 5.97 Å². The van der Waals surface area contributed by atoms with E-state index in [0.29, 0.717) is 24.7 Å². The molecule has 19 heavy (non-hydrogen) atoms. The predicted octanol–water partition coefficient (Wildman–Crippen LogP) is 2.38. The summed E-state index contributed by atoms with van der Waals surface area (Å²) in [5.74, 6) is 0.111. The van der Waals surface area contributed by atoms with E-state index in [9.17, 15) is 4.79 Å². The molecule has 2 aromatic rings. The van der Waals surface area contributed by atoms with Crippen molar-refractivity contribution in [3.8, 4) is 0 Å². The fourth-order valence-corrected chi connectivity index (χ4v) is 1.82. The van der Waals surface area contributed by atoms with Crippen LogP contribution in [0.3, 0.4) is 0 Å². The maximum Gasteiger partial charge on any atom is 0.337 e. The van der Waals surface area contributed by atoms with Crippen LogP contribution in [0.4, 0.5) is 5.69 Å². The van der Waals surface area contributed by atoms with Crippen molar-refractivity contribution in [1.82, 2.24) is 10.1 Å². The summed E-state index contributed by atoms with van der Waals surface area (Å²) in [7, 11) is 0. The number of nitrogens with one attached hydrogen (secondary N) is 1. The number of carboxylic acids is 1. The second kappa shape index (κ2) is 5.71. The Morgan fingerprint density at radius 3 is 2.89 bits per heavy atom. The molecule has 0 fully saturated rings. The van der Waals surface area contributed by atoms with Gasteiger partial charge in [-0.05, 0) is 25.1 Å². The number of aromatic carboxylic acids is 1. The smallest absolute Gasteiger partial charge is 0.337 e. The van der Waals surface area contributed by atoms with Crippen LogP contribution in [0.15, 0.2) is 22.7 Å². The van der Waals surface area contributed by atoms with E-state index in [1.165, 1.54) is 6.07 Å². The Bertz CT molecular complexity index is 598. The van der Waals surface area contributed by atoms with Gasteiger partial charge < -0.3 is 14.9 Å². The highest BCUT2D eigenvalue weighted by Crippen LogP contribution is 2.20. The standard InChI is InChI=1S/C12H12ClN3O3/c1-7-15-11(19-16-7)4-5-14-8-2-3-9(12(17)18)10(13)6-8/h2-3,6,14H,4-5H2,1H3,(H,17,18). The Kier molecular flexibility index (Phi) is 4.01. The van der Waals surface area contributed by atoms with Gasteiger partial charge in [-0.25, -0.2) is 4.79 Å². The zero-order valence-electron chi connectivity index (χ0n) is 10.2. The van der Waals surface area contributed by atoms with Crippen LogP contribution in [0.2, 0.25) is 5.02 Å². The number of benzene rings is 1. The monoisotopic (exact) mass is 281 g/mol. The molecule has 0 radical (unpaired) electrons. The summed E-state index contributed by atoms with van der Waals surface area (Å²) in [5, 5.41) is 15.8. The number of hydrogen-bond donors (Lipinski definition) is 2. The number of carbonyl (C=O) groups is 1. The van der Waals surface area contributed by atoms with Crippen molar-refractivity contribution in [2.45, 2.75) is 13.3 Å². The topological polar surface area (TPSA) is 88.2 Å². The van der Waals surface area contributed by atoms with Gasteiger partial charge in [-0.2, -0.15) is 4.98 Å². The first-order valence-electron chi connectivity index (χ1n) is 5.62. The molecule has 0 saturated carbocycles. The van der Waals surface area contributed by atoms with Crippen LogP contribution in [-0.2, 0) is 6.42 Å². The normalized spacial score (nSPS) is 10.4. The van der Waals surface area contributed by atoms with E-state index in [-0.39, 0.29) is 10.6 Å². The second-order valence-electron chi connectivity index (χ2n) is 3.91. The van der Waals surface area contributed by atoms with E-state index in [4.69, 9.17) is 21.2 Å². The maximum atomic E-state index is 10.8. The summed E-state index contributed by atoms with van der Waals surface area (Å²) < 4.78 is 4.97. The van der Waals surface area contributed by atoms with E-state index >= 15 is 0 Å². The van der Waals surface area contributed by atoms with Gasteiger partial charge >= 0.3 is 5.97 Å². The van der Waals surface area contributed by atoms with Crippen LogP contribution in [-0.4, -0.2) is 27.8 Å². The average Bonchev–Trinajstić information content (AvgIpc) is 2.75. The molecule has 2 N–H and O–H groups in total. The number of hydrogen-bond acceptors (Lipinski definition) is 5. The molecule has 0 atom stereocenters. The van der Waals surface area contributed by atoms with Crippen LogP contribution in [0.25, 0.3) is 0 Å². The number of carboxylic acid groups (broad SMARTS) is 1. The van der Waals surface area contributed by atoms with E-state index in [0.717, 1.165) is 5.69 Å². The van der Waals surface area contributed by atoms with Crippen molar-refractivity contribution in [2.24, 2.45) is 0 Å². The summed E-state index contributed by atoms with van der Waals surface area (Å²) in [6.07, 6.45) is 0.582. The Morgan fingerprint density at radius 1 is 1.53 bits per heavy atom. The molecule has 0 amide bonds. The first-order valence-corrected chi connectivity index (χ1v) is 6.00. The van der Waals surface area contributed by atoms with Crippen molar-refractivity contribution in [3.05, 3.63) is 40.5 Å². The van der Waals surface area contributed by atoms with Crippen LogP contribution in [0.5, 0.6) is 0 Å². The van der Waals surface area contributed by atoms with Gasteiger partial charge in [-0.15, -0.1) is 0 Å². The van der Waals surface area contributed by atoms with Crippen LogP contribution in [0, 0.1) is 6.92 Å². The van der Waals surface area contributed by atoms with Crippen molar-refractivity contribution < 1.29 is 14.4 Å². The lowest BCUT2D eigenvalue weighted by atomic mass is 10.2. The van der Waals surface area contributed by atoms with Crippen LogP contribution >= 0.6 is 11.6 Å². The molecule has 0 aliphatic rings. The summed E-state index contributed by atoms with van der Waals surface area (Å²) in [4.78, 5) is 14.9. The van der Waals surface area contributed by atoms with Gasteiger partial charge in [0.25, 0.3) is 0 Å². The first-order chi connectivity index (χ1) is 9.06. The van der Waals surface area contributed by atoms with Crippen LogP contribution < -0.4 is 5.32 Å². The molecule has 0 aliphatic carbocycles. The summed E-state index contributed by atoms with van der Waals surface area (Å²) >= 11 is 5.86. The average molecular weight is 282 g/mol. The zero-order valence-corrected chi connectivity index (χ0v) is 10.9. The predicted molar refractivity (Wildman–Crippen MR) is 69.6 cm³/mol. The van der Waals surface area contributed by atoms with Crippen molar-refractivity contribution in [3.63, 3.8) is 0 Å². The lowest BCUT2D eigenvalue weighted by Crippen LogP contribution is -2.06. The maximum absolute atomic E-state index is 10.8. The highest BCUT2D eigenvalue weighted by molar-refractivity contribution is 6.33. The Morgan fingerprint density at radius 2 is 2.32 bits per heavy atom. The summed E-state index contributed by atoms with van der Waals surface area (Å²) in [5.41, 5.74) is 0.825. The molecule has 0 bridgehead atoms. The van der Waals surface area contributed by atoms with Crippen LogP contribution in [0.1, 0.15) is 22.1 Å². The molecular formula is C12H12ClN3O3. The highest BCUT2D eigenvalue weighted by atomic mass is 35.5. The van der Waals surface area contributed by atoms with E-state index in [1.807, 2.05) is 0 Å². The Balaban J connectivity index is 1.93. The van der Waals surface area contributed by atoms with Gasteiger partial charge in [0, 0.05) is 18.7 Å². The number of aryl methyl sites for hydroxylation is 1. The molecule has 7 heteroatoms. The van der Waals surface area contributed by atoms with Gasteiger partial charge in [0.1, 0.15) is 0 Å².